The smallest absolute Gasteiger partial charge is 0.319 e. The summed E-state index contributed by atoms with van der Waals surface area (Å²) in [6, 6.07) is 10.9. The fourth-order valence-electron chi connectivity index (χ4n) is 2.07. The number of methoxy groups -OCH3 is 1. The summed E-state index contributed by atoms with van der Waals surface area (Å²) in [6.07, 6.45) is 3.35. The van der Waals surface area contributed by atoms with Gasteiger partial charge >= 0.3 is 6.03 Å². The average molecular weight is 328 g/mol. The number of urea groups is 1. The lowest BCUT2D eigenvalue weighted by molar-refractivity contribution is 0.252. The van der Waals surface area contributed by atoms with Crippen molar-refractivity contribution in [2.75, 3.05) is 12.4 Å². The number of anilines is 1. The number of amides is 2. The Morgan fingerprint density at radius 2 is 2.04 bits per heavy atom. The molecule has 2 amide bonds. The number of rotatable bonds is 5. The van der Waals surface area contributed by atoms with Crippen molar-refractivity contribution in [3.05, 3.63) is 59.2 Å². The lowest BCUT2D eigenvalue weighted by Crippen LogP contribution is -2.27. The Hall–Kier alpha value is -2.73. The lowest BCUT2D eigenvalue weighted by atomic mass is 10.2. The Labute approximate surface area is 137 Å². The fourth-order valence-corrected chi connectivity index (χ4v) is 2.90. The number of thiophene rings is 1. The van der Waals surface area contributed by atoms with Crippen molar-refractivity contribution in [3.8, 4) is 16.9 Å². The summed E-state index contributed by atoms with van der Waals surface area (Å²) in [4.78, 5) is 13.0. The van der Waals surface area contributed by atoms with Gasteiger partial charge < -0.3 is 19.8 Å². The second kappa shape index (κ2) is 7.02. The number of nitrogens with one attached hydrogen (secondary N) is 2. The normalized spacial score (nSPS) is 10.3. The first kappa shape index (κ1) is 15.2. The molecule has 0 bridgehead atoms. The van der Waals surface area contributed by atoms with Gasteiger partial charge in [-0.2, -0.15) is 0 Å². The highest BCUT2D eigenvalue weighted by Crippen LogP contribution is 2.25. The van der Waals surface area contributed by atoms with Crippen molar-refractivity contribution < 1.29 is 13.9 Å². The molecule has 0 spiro atoms. The van der Waals surface area contributed by atoms with E-state index in [2.05, 4.69) is 10.6 Å². The number of benzene rings is 1. The minimum Gasteiger partial charge on any atom is -0.497 e. The van der Waals surface area contributed by atoms with E-state index in [1.54, 1.807) is 55.2 Å². The molecule has 118 valence electrons. The van der Waals surface area contributed by atoms with Gasteiger partial charge in [0.25, 0.3) is 0 Å². The van der Waals surface area contributed by atoms with Crippen molar-refractivity contribution in [3.63, 3.8) is 0 Å². The number of carbonyl (C=O) groups is 1. The zero-order valence-corrected chi connectivity index (χ0v) is 13.4. The van der Waals surface area contributed by atoms with Gasteiger partial charge in [-0.1, -0.05) is 0 Å². The van der Waals surface area contributed by atoms with Crippen LogP contribution in [0.15, 0.2) is 58.7 Å². The van der Waals surface area contributed by atoms with Gasteiger partial charge in [0.05, 0.1) is 26.2 Å². The van der Waals surface area contributed by atoms with Crippen LogP contribution in [0.2, 0.25) is 0 Å². The summed E-state index contributed by atoms with van der Waals surface area (Å²) in [5.74, 6) is 0.751. The van der Waals surface area contributed by atoms with Crippen LogP contribution in [-0.4, -0.2) is 13.1 Å². The van der Waals surface area contributed by atoms with Crippen molar-refractivity contribution in [1.82, 2.24) is 5.32 Å². The van der Waals surface area contributed by atoms with Crippen LogP contribution in [0.1, 0.15) is 4.88 Å². The summed E-state index contributed by atoms with van der Waals surface area (Å²) in [5.41, 5.74) is 2.85. The predicted octanol–water partition coefficient (Wildman–Crippen LogP) is 4.34. The first-order chi connectivity index (χ1) is 11.2. The van der Waals surface area contributed by atoms with Gasteiger partial charge in [-0.3, -0.25) is 0 Å². The molecule has 0 saturated carbocycles. The Morgan fingerprint density at radius 3 is 2.74 bits per heavy atom. The number of furan rings is 1. The molecule has 0 aliphatic rings. The van der Waals surface area contributed by atoms with Crippen LogP contribution in [0, 0.1) is 0 Å². The maximum absolute atomic E-state index is 11.9. The molecule has 1 aromatic carbocycles. The highest BCUT2D eigenvalue weighted by atomic mass is 32.1. The maximum atomic E-state index is 11.9. The number of ether oxygens (including phenoxy) is 1. The van der Waals surface area contributed by atoms with Crippen molar-refractivity contribution in [1.29, 1.82) is 0 Å². The standard InChI is InChI=1S/C17H16N2O3S/c1-21-15-4-2-14(3-5-15)19-17(20)18-9-16-8-13(11-23-16)12-6-7-22-10-12/h2-8,10-11H,9H2,1H3,(H2,18,19,20). The van der Waals surface area contributed by atoms with Gasteiger partial charge in [0.2, 0.25) is 0 Å². The molecule has 2 heterocycles. The van der Waals surface area contributed by atoms with Gasteiger partial charge in [-0.15, -0.1) is 11.3 Å². The number of hydrogen-bond donors (Lipinski definition) is 2. The van der Waals surface area contributed by atoms with E-state index in [9.17, 15) is 4.79 Å². The first-order valence-corrected chi connectivity index (χ1v) is 7.91. The minimum absolute atomic E-state index is 0.242. The van der Waals surface area contributed by atoms with E-state index in [1.165, 1.54) is 0 Å². The topological polar surface area (TPSA) is 63.5 Å². The minimum atomic E-state index is -0.242. The van der Waals surface area contributed by atoms with Crippen LogP contribution in [0.3, 0.4) is 0 Å². The van der Waals surface area contributed by atoms with Crippen molar-refractivity contribution in [2.24, 2.45) is 0 Å². The van der Waals surface area contributed by atoms with E-state index in [-0.39, 0.29) is 6.03 Å². The van der Waals surface area contributed by atoms with Gasteiger partial charge in [0.1, 0.15) is 5.75 Å². The lowest BCUT2D eigenvalue weighted by Gasteiger charge is -2.07. The average Bonchev–Trinajstić information content (AvgIpc) is 3.25. The van der Waals surface area contributed by atoms with E-state index >= 15 is 0 Å². The fraction of sp³-hybridized carbons (Fsp3) is 0.118. The Morgan fingerprint density at radius 1 is 1.22 bits per heavy atom. The highest BCUT2D eigenvalue weighted by Gasteiger charge is 2.06. The Balaban J connectivity index is 1.52. The molecule has 0 radical (unpaired) electrons. The summed E-state index contributed by atoms with van der Waals surface area (Å²) in [5, 5.41) is 7.67. The third kappa shape index (κ3) is 3.92. The van der Waals surface area contributed by atoms with E-state index in [1.807, 2.05) is 17.5 Å². The van der Waals surface area contributed by atoms with Crippen LogP contribution >= 0.6 is 11.3 Å². The second-order valence-corrected chi connectivity index (χ2v) is 5.85. The molecule has 0 unspecified atom stereocenters. The summed E-state index contributed by atoms with van der Waals surface area (Å²) >= 11 is 1.60. The maximum Gasteiger partial charge on any atom is 0.319 e. The van der Waals surface area contributed by atoms with Crippen LogP contribution in [0.4, 0.5) is 10.5 Å². The third-order valence-electron chi connectivity index (χ3n) is 3.28. The number of carbonyl (C=O) groups excluding carboxylic acids is 1. The molecule has 2 N–H and O–H groups in total. The molecule has 0 aliphatic carbocycles. The highest BCUT2D eigenvalue weighted by molar-refractivity contribution is 7.10. The summed E-state index contributed by atoms with van der Waals surface area (Å²) in [7, 11) is 1.61. The molecule has 5 nitrogen and oxygen atoms in total. The SMILES string of the molecule is COc1ccc(NC(=O)NCc2cc(-c3ccoc3)cs2)cc1. The monoisotopic (exact) mass is 328 g/mol. The van der Waals surface area contributed by atoms with Crippen molar-refractivity contribution >= 4 is 23.1 Å². The van der Waals surface area contributed by atoms with Crippen LogP contribution < -0.4 is 15.4 Å². The zero-order chi connectivity index (χ0) is 16.1. The predicted molar refractivity (Wildman–Crippen MR) is 90.9 cm³/mol. The molecule has 6 heteroatoms. The van der Waals surface area contributed by atoms with Crippen LogP contribution in [0.5, 0.6) is 5.75 Å². The molecule has 2 aromatic heterocycles. The van der Waals surface area contributed by atoms with Crippen LogP contribution in [-0.2, 0) is 6.54 Å². The number of hydrogen-bond acceptors (Lipinski definition) is 4. The molecule has 3 aromatic rings. The molecule has 0 aliphatic heterocycles. The van der Waals surface area contributed by atoms with E-state index < -0.39 is 0 Å². The zero-order valence-electron chi connectivity index (χ0n) is 12.5. The summed E-state index contributed by atoms with van der Waals surface area (Å²) in [6.45, 7) is 0.477. The van der Waals surface area contributed by atoms with Gasteiger partial charge in [-0.25, -0.2) is 4.79 Å². The third-order valence-corrected chi connectivity index (χ3v) is 4.22. The summed E-state index contributed by atoms with van der Waals surface area (Å²) < 4.78 is 10.2. The molecule has 23 heavy (non-hydrogen) atoms. The van der Waals surface area contributed by atoms with Crippen molar-refractivity contribution in [2.45, 2.75) is 6.54 Å². The molecule has 0 atom stereocenters. The second-order valence-electron chi connectivity index (χ2n) is 4.85. The van der Waals surface area contributed by atoms with E-state index in [4.69, 9.17) is 9.15 Å². The molecular weight excluding hydrogens is 312 g/mol. The Bertz CT molecular complexity index is 764. The van der Waals surface area contributed by atoms with E-state index in [0.717, 1.165) is 21.8 Å². The molecule has 0 saturated heterocycles. The van der Waals surface area contributed by atoms with Gasteiger partial charge in [0, 0.05) is 16.1 Å². The molecule has 3 rings (SSSR count). The van der Waals surface area contributed by atoms with Gasteiger partial charge in [0.15, 0.2) is 0 Å². The van der Waals surface area contributed by atoms with Gasteiger partial charge in [-0.05, 0) is 47.3 Å². The first-order valence-electron chi connectivity index (χ1n) is 7.03. The molecule has 0 fully saturated rings. The van der Waals surface area contributed by atoms with E-state index in [0.29, 0.717) is 12.2 Å². The largest absolute Gasteiger partial charge is 0.497 e. The van der Waals surface area contributed by atoms with Crippen LogP contribution in [0.25, 0.3) is 11.1 Å². The Kier molecular flexibility index (Phi) is 4.63. The quantitative estimate of drug-likeness (QED) is 0.732. The molecular formula is C17H16N2O3S.